The lowest BCUT2D eigenvalue weighted by atomic mass is 9.87. The van der Waals surface area contributed by atoms with Gasteiger partial charge < -0.3 is 11.5 Å². The number of rotatable bonds is 3. The van der Waals surface area contributed by atoms with E-state index in [0.717, 1.165) is 42.0 Å². The molecule has 1 aromatic rings. The summed E-state index contributed by atoms with van der Waals surface area (Å²) in [5, 5.41) is 0.682. The molecule has 3 rings (SSSR count). The highest BCUT2D eigenvalue weighted by molar-refractivity contribution is 7.99. The number of halogens is 1. The summed E-state index contributed by atoms with van der Waals surface area (Å²) in [7, 11) is 0. The topological polar surface area (TPSA) is 80.0 Å². The molecule has 4 N–H and O–H groups in total. The van der Waals surface area contributed by atoms with Crippen molar-refractivity contribution in [2.24, 2.45) is 21.5 Å². The minimum absolute atomic E-state index is 0.271. The van der Waals surface area contributed by atoms with E-state index in [1.54, 1.807) is 11.8 Å². The molecule has 1 saturated carbocycles. The molecule has 1 spiro atoms. The summed E-state index contributed by atoms with van der Waals surface area (Å²) < 4.78 is 0. The van der Waals surface area contributed by atoms with Gasteiger partial charge in [-0.3, -0.25) is 4.90 Å². The average molecular weight is 352 g/mol. The van der Waals surface area contributed by atoms with Crippen molar-refractivity contribution in [2.75, 3.05) is 10.7 Å². The number of aliphatic imine (C=N–C) groups is 2. The summed E-state index contributed by atoms with van der Waals surface area (Å²) in [5.74, 6) is 1.64. The number of nitrogens with two attached hydrogens (primary N) is 2. The normalized spacial score (nSPS) is 20.3. The Morgan fingerprint density at radius 1 is 1.26 bits per heavy atom. The quantitative estimate of drug-likeness (QED) is 0.816. The molecule has 0 saturated heterocycles. The first kappa shape index (κ1) is 16.5. The van der Waals surface area contributed by atoms with E-state index in [0.29, 0.717) is 11.0 Å². The minimum Gasteiger partial charge on any atom is -0.369 e. The first-order valence-electron chi connectivity index (χ1n) is 7.98. The van der Waals surface area contributed by atoms with Crippen LogP contribution in [0.15, 0.2) is 33.1 Å². The molecule has 0 atom stereocenters. The van der Waals surface area contributed by atoms with Gasteiger partial charge in [-0.1, -0.05) is 24.9 Å². The average Bonchev–Trinajstić information content (AvgIpc) is 2.50. The summed E-state index contributed by atoms with van der Waals surface area (Å²) >= 11 is 8.03. The van der Waals surface area contributed by atoms with E-state index in [2.05, 4.69) is 11.9 Å². The summed E-state index contributed by atoms with van der Waals surface area (Å²) in [5.41, 5.74) is 12.8. The van der Waals surface area contributed by atoms with Crippen molar-refractivity contribution in [3.8, 4) is 0 Å². The Hall–Kier alpha value is -1.40. The van der Waals surface area contributed by atoms with Crippen LogP contribution in [0, 0.1) is 0 Å². The lowest BCUT2D eigenvalue weighted by Gasteiger charge is -2.46. The third kappa shape index (κ3) is 3.15. The summed E-state index contributed by atoms with van der Waals surface area (Å²) in [6.45, 7) is 2.13. The maximum atomic E-state index is 6.28. The Labute approximate surface area is 146 Å². The van der Waals surface area contributed by atoms with Gasteiger partial charge in [-0.25, -0.2) is 4.99 Å². The minimum atomic E-state index is -0.429. The smallest absolute Gasteiger partial charge is 0.220 e. The molecule has 5 nitrogen and oxygen atoms in total. The van der Waals surface area contributed by atoms with Crippen LogP contribution in [-0.4, -0.2) is 23.3 Å². The van der Waals surface area contributed by atoms with Gasteiger partial charge in [-0.2, -0.15) is 4.99 Å². The highest BCUT2D eigenvalue weighted by Gasteiger charge is 2.43. The van der Waals surface area contributed by atoms with Gasteiger partial charge in [0.2, 0.25) is 11.9 Å². The van der Waals surface area contributed by atoms with E-state index in [4.69, 9.17) is 28.1 Å². The number of benzene rings is 1. The van der Waals surface area contributed by atoms with Gasteiger partial charge in [-0.05, 0) is 49.6 Å². The molecule has 7 heteroatoms. The van der Waals surface area contributed by atoms with Crippen molar-refractivity contribution in [1.82, 2.24) is 0 Å². The van der Waals surface area contributed by atoms with Gasteiger partial charge in [0, 0.05) is 9.92 Å². The maximum absolute atomic E-state index is 6.28. The standard InChI is InChI=1S/C16H22ClN5S/c1-2-23-13-7-6-11(17)10-12(13)22-15(19)20-14(18)21-16(22)8-4-3-5-9-16/h6-7,10H,2-5,8-9H2,1H3,(H4,18,19,20,21). The number of anilines is 1. The number of hydrogen-bond donors (Lipinski definition) is 2. The molecular weight excluding hydrogens is 330 g/mol. The maximum Gasteiger partial charge on any atom is 0.220 e. The van der Waals surface area contributed by atoms with Crippen molar-refractivity contribution in [3.63, 3.8) is 0 Å². The van der Waals surface area contributed by atoms with Crippen molar-refractivity contribution in [2.45, 2.75) is 49.6 Å². The van der Waals surface area contributed by atoms with Crippen LogP contribution < -0.4 is 16.4 Å². The van der Waals surface area contributed by atoms with Crippen LogP contribution in [0.4, 0.5) is 5.69 Å². The van der Waals surface area contributed by atoms with Gasteiger partial charge >= 0.3 is 0 Å². The lowest BCUT2D eigenvalue weighted by molar-refractivity contribution is 0.305. The zero-order valence-corrected chi connectivity index (χ0v) is 14.8. The van der Waals surface area contributed by atoms with Crippen LogP contribution in [0.2, 0.25) is 5.02 Å². The van der Waals surface area contributed by atoms with Crippen LogP contribution in [-0.2, 0) is 0 Å². The molecule has 0 amide bonds. The van der Waals surface area contributed by atoms with Crippen LogP contribution in [0.1, 0.15) is 39.0 Å². The number of nitrogens with zero attached hydrogens (tertiary/aromatic N) is 3. The van der Waals surface area contributed by atoms with Crippen LogP contribution in [0.3, 0.4) is 0 Å². The molecule has 124 valence electrons. The number of hydrogen-bond acceptors (Lipinski definition) is 6. The summed E-state index contributed by atoms with van der Waals surface area (Å²) in [6, 6.07) is 5.90. The van der Waals surface area contributed by atoms with Crippen molar-refractivity contribution in [3.05, 3.63) is 23.2 Å². The molecule has 0 bridgehead atoms. The largest absolute Gasteiger partial charge is 0.369 e. The Balaban J connectivity index is 2.12. The molecule has 1 aliphatic heterocycles. The molecule has 0 unspecified atom stereocenters. The molecular formula is C16H22ClN5S. The Bertz CT molecular complexity index is 652. The zero-order chi connectivity index (χ0) is 16.4. The monoisotopic (exact) mass is 351 g/mol. The molecule has 1 aromatic carbocycles. The zero-order valence-electron chi connectivity index (χ0n) is 13.3. The Morgan fingerprint density at radius 2 is 2.00 bits per heavy atom. The fourth-order valence-corrected chi connectivity index (χ4v) is 4.35. The molecule has 0 aromatic heterocycles. The summed E-state index contributed by atoms with van der Waals surface area (Å²) in [6.07, 6.45) is 5.28. The molecule has 23 heavy (non-hydrogen) atoms. The van der Waals surface area contributed by atoms with Crippen molar-refractivity contribution >= 4 is 41.0 Å². The first-order valence-corrected chi connectivity index (χ1v) is 9.34. The van der Waals surface area contributed by atoms with Gasteiger partial charge in [0.25, 0.3) is 0 Å². The van der Waals surface area contributed by atoms with Crippen LogP contribution >= 0.6 is 23.4 Å². The van der Waals surface area contributed by atoms with Gasteiger partial charge in [0.1, 0.15) is 5.66 Å². The molecule has 2 aliphatic rings. The van der Waals surface area contributed by atoms with Gasteiger partial charge in [0.15, 0.2) is 0 Å². The Morgan fingerprint density at radius 3 is 2.70 bits per heavy atom. The second kappa shape index (κ2) is 6.61. The van der Waals surface area contributed by atoms with Gasteiger partial charge in [0.05, 0.1) is 5.69 Å². The molecule has 1 heterocycles. The van der Waals surface area contributed by atoms with Gasteiger partial charge in [-0.15, -0.1) is 11.8 Å². The highest BCUT2D eigenvalue weighted by Crippen LogP contribution is 2.43. The highest BCUT2D eigenvalue weighted by atomic mass is 35.5. The molecule has 0 radical (unpaired) electrons. The SMILES string of the molecule is CCSc1ccc(Cl)cc1N1C(N)=NC(N)=NC12CCCCC2. The van der Waals surface area contributed by atoms with Crippen LogP contribution in [0.25, 0.3) is 0 Å². The van der Waals surface area contributed by atoms with E-state index in [-0.39, 0.29) is 5.96 Å². The second-order valence-corrected chi connectivity index (χ2v) is 7.61. The molecule has 1 aliphatic carbocycles. The fraction of sp³-hybridized carbons (Fsp3) is 0.500. The predicted molar refractivity (Wildman–Crippen MR) is 99.4 cm³/mol. The van der Waals surface area contributed by atoms with E-state index in [1.165, 1.54) is 6.42 Å². The number of thioether (sulfide) groups is 1. The van der Waals surface area contributed by atoms with E-state index in [1.807, 2.05) is 23.1 Å². The second-order valence-electron chi connectivity index (χ2n) is 5.86. The van der Waals surface area contributed by atoms with Crippen molar-refractivity contribution < 1.29 is 0 Å². The summed E-state index contributed by atoms with van der Waals surface area (Å²) in [4.78, 5) is 12.1. The predicted octanol–water partition coefficient (Wildman–Crippen LogP) is 3.56. The third-order valence-corrected chi connectivity index (χ3v) is 5.49. The Kier molecular flexibility index (Phi) is 4.73. The van der Waals surface area contributed by atoms with Crippen molar-refractivity contribution in [1.29, 1.82) is 0 Å². The number of guanidine groups is 2. The van der Waals surface area contributed by atoms with E-state index < -0.39 is 5.66 Å². The lowest BCUT2D eigenvalue weighted by Crippen LogP contribution is -2.58. The van der Waals surface area contributed by atoms with E-state index >= 15 is 0 Å². The van der Waals surface area contributed by atoms with E-state index in [9.17, 15) is 0 Å². The molecule has 1 fully saturated rings. The third-order valence-electron chi connectivity index (χ3n) is 4.31. The fourth-order valence-electron chi connectivity index (χ4n) is 3.41. The van der Waals surface area contributed by atoms with Crippen LogP contribution in [0.5, 0.6) is 0 Å². The first-order chi connectivity index (χ1) is 11.1.